The molecule has 0 aromatic heterocycles. The van der Waals surface area contributed by atoms with Gasteiger partial charge in [-0.2, -0.15) is 0 Å². The summed E-state index contributed by atoms with van der Waals surface area (Å²) in [5.74, 6) is 2.08. The first-order valence-electron chi connectivity index (χ1n) is 4.69. The summed E-state index contributed by atoms with van der Waals surface area (Å²) < 4.78 is 10.4. The fraction of sp³-hybridized carbons (Fsp3) is 0.455. The molecule has 0 atom stereocenters. The molecule has 84 valence electrons. The van der Waals surface area contributed by atoms with Crippen molar-refractivity contribution >= 4 is 23.2 Å². The molecule has 0 heterocycles. The topological polar surface area (TPSA) is 18.5 Å². The summed E-state index contributed by atoms with van der Waals surface area (Å²) in [4.78, 5) is 0. The molecule has 0 saturated carbocycles. The molecule has 1 rings (SSSR count). The third-order valence-corrected chi connectivity index (χ3v) is 2.70. The van der Waals surface area contributed by atoms with E-state index < -0.39 is 0 Å². The minimum absolute atomic E-state index is 0.559. The van der Waals surface area contributed by atoms with Crippen LogP contribution in [0.5, 0.6) is 11.5 Å². The van der Waals surface area contributed by atoms with Crippen LogP contribution in [0.4, 0.5) is 0 Å². The number of ether oxygens (including phenoxy) is 2. The standard InChI is InChI=1S/C11H14Cl2O2/c1-14-10-7-9(13)11(15-2)6-8(10)4-3-5-12/h6-7H,3-5H2,1-2H3. The Morgan fingerprint density at radius 2 is 1.80 bits per heavy atom. The number of halogens is 2. The molecule has 1 aromatic rings. The molecule has 15 heavy (non-hydrogen) atoms. The van der Waals surface area contributed by atoms with Crippen molar-refractivity contribution in [2.24, 2.45) is 0 Å². The summed E-state index contributed by atoms with van der Waals surface area (Å²) in [6.07, 6.45) is 1.77. The van der Waals surface area contributed by atoms with Gasteiger partial charge in [-0.15, -0.1) is 11.6 Å². The number of hydrogen-bond acceptors (Lipinski definition) is 2. The summed E-state index contributed by atoms with van der Waals surface area (Å²) in [6, 6.07) is 3.66. The van der Waals surface area contributed by atoms with Crippen molar-refractivity contribution in [3.8, 4) is 11.5 Å². The summed E-state index contributed by atoms with van der Waals surface area (Å²) in [5, 5.41) is 0.559. The number of benzene rings is 1. The number of aryl methyl sites for hydroxylation is 1. The maximum absolute atomic E-state index is 5.98. The van der Waals surface area contributed by atoms with E-state index in [4.69, 9.17) is 32.7 Å². The Hall–Kier alpha value is -0.600. The first kappa shape index (κ1) is 12.5. The molecule has 0 radical (unpaired) electrons. The SMILES string of the molecule is COc1cc(CCCCl)c(OC)cc1Cl. The lowest BCUT2D eigenvalue weighted by atomic mass is 10.1. The van der Waals surface area contributed by atoms with Crippen LogP contribution in [0.1, 0.15) is 12.0 Å². The van der Waals surface area contributed by atoms with Crippen LogP contribution in [0.15, 0.2) is 12.1 Å². The molecule has 4 heteroatoms. The lowest BCUT2D eigenvalue weighted by Crippen LogP contribution is -1.95. The molecule has 0 aliphatic carbocycles. The van der Waals surface area contributed by atoms with Crippen molar-refractivity contribution in [1.29, 1.82) is 0 Å². The van der Waals surface area contributed by atoms with Crippen LogP contribution in [0.3, 0.4) is 0 Å². The van der Waals surface area contributed by atoms with E-state index in [0.717, 1.165) is 24.2 Å². The minimum Gasteiger partial charge on any atom is -0.496 e. The molecular formula is C11H14Cl2O2. The summed E-state index contributed by atoms with van der Waals surface area (Å²) in [7, 11) is 3.22. The average Bonchev–Trinajstić information content (AvgIpc) is 2.26. The van der Waals surface area contributed by atoms with E-state index in [1.165, 1.54) is 0 Å². The van der Waals surface area contributed by atoms with Crippen LogP contribution in [-0.2, 0) is 6.42 Å². The van der Waals surface area contributed by atoms with Crippen molar-refractivity contribution < 1.29 is 9.47 Å². The van der Waals surface area contributed by atoms with Gasteiger partial charge in [-0.25, -0.2) is 0 Å². The highest BCUT2D eigenvalue weighted by Gasteiger charge is 2.09. The molecule has 0 N–H and O–H groups in total. The molecule has 2 nitrogen and oxygen atoms in total. The normalized spacial score (nSPS) is 10.1. The molecule has 0 fully saturated rings. The summed E-state index contributed by atoms with van der Waals surface area (Å²) in [5.41, 5.74) is 1.07. The van der Waals surface area contributed by atoms with Gasteiger partial charge < -0.3 is 9.47 Å². The van der Waals surface area contributed by atoms with E-state index in [0.29, 0.717) is 16.7 Å². The average molecular weight is 249 g/mol. The van der Waals surface area contributed by atoms with Crippen molar-refractivity contribution in [2.45, 2.75) is 12.8 Å². The van der Waals surface area contributed by atoms with Gasteiger partial charge in [-0.1, -0.05) is 11.6 Å². The zero-order valence-corrected chi connectivity index (χ0v) is 10.4. The minimum atomic E-state index is 0.559. The van der Waals surface area contributed by atoms with E-state index >= 15 is 0 Å². The monoisotopic (exact) mass is 248 g/mol. The predicted molar refractivity (Wildman–Crippen MR) is 63.6 cm³/mol. The molecule has 0 aliphatic rings. The van der Waals surface area contributed by atoms with Crippen LogP contribution in [0, 0.1) is 0 Å². The van der Waals surface area contributed by atoms with Crippen molar-refractivity contribution in [3.63, 3.8) is 0 Å². The number of hydrogen-bond donors (Lipinski definition) is 0. The van der Waals surface area contributed by atoms with Crippen molar-refractivity contribution in [2.75, 3.05) is 20.1 Å². The maximum atomic E-state index is 5.98. The molecular weight excluding hydrogens is 235 g/mol. The maximum Gasteiger partial charge on any atom is 0.137 e. The predicted octanol–water partition coefficient (Wildman–Crippen LogP) is 3.53. The Bertz CT molecular complexity index is 327. The Balaban J connectivity index is 2.99. The second kappa shape index (κ2) is 6.09. The highest BCUT2D eigenvalue weighted by molar-refractivity contribution is 6.32. The van der Waals surface area contributed by atoms with E-state index in [2.05, 4.69) is 0 Å². The third-order valence-electron chi connectivity index (χ3n) is 2.13. The van der Waals surface area contributed by atoms with Crippen molar-refractivity contribution in [3.05, 3.63) is 22.7 Å². The first-order chi connectivity index (χ1) is 7.22. The highest BCUT2D eigenvalue weighted by atomic mass is 35.5. The van der Waals surface area contributed by atoms with Crippen LogP contribution in [0.25, 0.3) is 0 Å². The second-order valence-electron chi connectivity index (χ2n) is 3.09. The van der Waals surface area contributed by atoms with Gasteiger partial charge in [0.15, 0.2) is 0 Å². The van der Waals surface area contributed by atoms with E-state index in [-0.39, 0.29) is 0 Å². The van der Waals surface area contributed by atoms with Crippen LogP contribution in [0.2, 0.25) is 5.02 Å². The lowest BCUT2D eigenvalue weighted by Gasteiger charge is -2.11. The molecule has 0 saturated heterocycles. The quantitative estimate of drug-likeness (QED) is 0.743. The van der Waals surface area contributed by atoms with E-state index in [1.807, 2.05) is 6.07 Å². The largest absolute Gasteiger partial charge is 0.496 e. The van der Waals surface area contributed by atoms with E-state index in [9.17, 15) is 0 Å². The van der Waals surface area contributed by atoms with Crippen LogP contribution < -0.4 is 9.47 Å². The van der Waals surface area contributed by atoms with Gasteiger partial charge in [-0.05, 0) is 24.5 Å². The second-order valence-corrected chi connectivity index (χ2v) is 3.88. The molecule has 0 amide bonds. The van der Waals surface area contributed by atoms with Gasteiger partial charge in [0.05, 0.1) is 19.2 Å². The molecule has 0 spiro atoms. The highest BCUT2D eigenvalue weighted by Crippen LogP contribution is 2.33. The third kappa shape index (κ3) is 3.18. The Morgan fingerprint density at radius 1 is 1.13 bits per heavy atom. The molecule has 0 bridgehead atoms. The Kier molecular flexibility index (Phi) is 5.06. The fourth-order valence-corrected chi connectivity index (χ4v) is 1.74. The van der Waals surface area contributed by atoms with Crippen molar-refractivity contribution in [1.82, 2.24) is 0 Å². The number of alkyl halides is 1. The Labute approximate surface area is 100 Å². The fourth-order valence-electron chi connectivity index (χ4n) is 1.38. The van der Waals surface area contributed by atoms with Crippen LogP contribution in [-0.4, -0.2) is 20.1 Å². The summed E-state index contributed by atoms with van der Waals surface area (Å²) in [6.45, 7) is 0. The van der Waals surface area contributed by atoms with Crippen LogP contribution >= 0.6 is 23.2 Å². The van der Waals surface area contributed by atoms with Gasteiger partial charge in [-0.3, -0.25) is 0 Å². The van der Waals surface area contributed by atoms with E-state index in [1.54, 1.807) is 20.3 Å². The molecule has 1 aromatic carbocycles. The lowest BCUT2D eigenvalue weighted by molar-refractivity contribution is 0.398. The number of rotatable bonds is 5. The zero-order chi connectivity index (χ0) is 11.3. The van der Waals surface area contributed by atoms with Gasteiger partial charge in [0.2, 0.25) is 0 Å². The van der Waals surface area contributed by atoms with Gasteiger partial charge in [0, 0.05) is 11.9 Å². The Morgan fingerprint density at radius 3 is 2.33 bits per heavy atom. The summed E-state index contributed by atoms with van der Waals surface area (Å²) >= 11 is 11.6. The van der Waals surface area contributed by atoms with Gasteiger partial charge >= 0.3 is 0 Å². The molecule has 0 aliphatic heterocycles. The van der Waals surface area contributed by atoms with Gasteiger partial charge in [0.1, 0.15) is 11.5 Å². The number of methoxy groups -OCH3 is 2. The van der Waals surface area contributed by atoms with Gasteiger partial charge in [0.25, 0.3) is 0 Å². The first-order valence-corrected chi connectivity index (χ1v) is 5.60. The molecule has 0 unspecified atom stereocenters. The zero-order valence-electron chi connectivity index (χ0n) is 8.85. The smallest absolute Gasteiger partial charge is 0.137 e.